The van der Waals surface area contributed by atoms with Gasteiger partial charge < -0.3 is 11.1 Å². The predicted octanol–water partition coefficient (Wildman–Crippen LogP) is -0.113. The van der Waals surface area contributed by atoms with Crippen molar-refractivity contribution >= 4 is 5.96 Å². The summed E-state index contributed by atoms with van der Waals surface area (Å²) in [4.78, 5) is 4.15. The molecule has 1 aromatic rings. The van der Waals surface area contributed by atoms with Gasteiger partial charge in [-0.3, -0.25) is 9.67 Å². The molecule has 0 aliphatic heterocycles. The fourth-order valence-electron chi connectivity index (χ4n) is 1.12. The van der Waals surface area contributed by atoms with Crippen LogP contribution in [0.3, 0.4) is 0 Å². The highest BCUT2D eigenvalue weighted by Crippen LogP contribution is 1.95. The standard InChI is InChI=1S/C9H17N5/c1-3-11-9(10)12-6-4-8-5-7-14(2)13-8/h5,7H,3-4,6H2,1-2H3,(H3,10,11,12). The van der Waals surface area contributed by atoms with E-state index < -0.39 is 0 Å². The Hall–Kier alpha value is -1.52. The van der Waals surface area contributed by atoms with Crippen LogP contribution in [0.1, 0.15) is 12.6 Å². The molecule has 0 fully saturated rings. The highest BCUT2D eigenvalue weighted by molar-refractivity contribution is 5.77. The molecule has 0 unspecified atom stereocenters. The van der Waals surface area contributed by atoms with Gasteiger partial charge in [-0.15, -0.1) is 0 Å². The highest BCUT2D eigenvalue weighted by Gasteiger charge is 1.95. The molecule has 0 bridgehead atoms. The quantitative estimate of drug-likeness (QED) is 0.520. The van der Waals surface area contributed by atoms with Gasteiger partial charge in [0, 0.05) is 32.8 Å². The van der Waals surface area contributed by atoms with Gasteiger partial charge in [-0.2, -0.15) is 5.10 Å². The smallest absolute Gasteiger partial charge is 0.188 e. The van der Waals surface area contributed by atoms with Gasteiger partial charge in [-0.25, -0.2) is 0 Å². The molecule has 0 atom stereocenters. The molecule has 0 saturated heterocycles. The Bertz CT molecular complexity index is 302. The SMILES string of the molecule is CCNC(N)=NCCc1ccn(C)n1. The van der Waals surface area contributed by atoms with Crippen molar-refractivity contribution in [2.24, 2.45) is 17.8 Å². The average Bonchev–Trinajstić information content (AvgIpc) is 2.52. The summed E-state index contributed by atoms with van der Waals surface area (Å²) in [7, 11) is 1.90. The number of hydrogen-bond donors (Lipinski definition) is 2. The van der Waals surface area contributed by atoms with Crippen molar-refractivity contribution in [1.29, 1.82) is 0 Å². The number of aryl methyl sites for hydroxylation is 1. The fourth-order valence-corrected chi connectivity index (χ4v) is 1.12. The van der Waals surface area contributed by atoms with Crippen LogP contribution in [0, 0.1) is 0 Å². The summed E-state index contributed by atoms with van der Waals surface area (Å²) < 4.78 is 1.78. The second kappa shape index (κ2) is 5.26. The maximum atomic E-state index is 5.57. The van der Waals surface area contributed by atoms with E-state index in [1.165, 1.54) is 0 Å². The van der Waals surface area contributed by atoms with Gasteiger partial charge >= 0.3 is 0 Å². The summed E-state index contributed by atoms with van der Waals surface area (Å²) in [6.07, 6.45) is 2.75. The molecule has 78 valence electrons. The second-order valence-electron chi connectivity index (χ2n) is 3.03. The van der Waals surface area contributed by atoms with Crippen molar-refractivity contribution in [1.82, 2.24) is 15.1 Å². The van der Waals surface area contributed by atoms with Gasteiger partial charge in [0.05, 0.1) is 5.69 Å². The van der Waals surface area contributed by atoms with E-state index in [-0.39, 0.29) is 0 Å². The molecule has 0 aliphatic carbocycles. The van der Waals surface area contributed by atoms with E-state index in [1.54, 1.807) is 4.68 Å². The molecule has 0 saturated carbocycles. The minimum atomic E-state index is 0.503. The molecular formula is C9H17N5. The molecular weight excluding hydrogens is 178 g/mol. The van der Waals surface area contributed by atoms with Crippen LogP contribution in [0.15, 0.2) is 17.3 Å². The zero-order chi connectivity index (χ0) is 10.4. The third kappa shape index (κ3) is 3.47. The first-order valence-electron chi connectivity index (χ1n) is 4.74. The first kappa shape index (κ1) is 10.6. The van der Waals surface area contributed by atoms with E-state index in [2.05, 4.69) is 15.4 Å². The van der Waals surface area contributed by atoms with Crippen LogP contribution in [0.5, 0.6) is 0 Å². The van der Waals surface area contributed by atoms with Crippen LogP contribution < -0.4 is 11.1 Å². The number of nitrogens with one attached hydrogen (secondary N) is 1. The van der Waals surface area contributed by atoms with Crippen LogP contribution in [0.4, 0.5) is 0 Å². The number of aliphatic imine (C=N–C) groups is 1. The fraction of sp³-hybridized carbons (Fsp3) is 0.556. The Morgan fingerprint density at radius 3 is 3.07 bits per heavy atom. The number of nitrogens with zero attached hydrogens (tertiary/aromatic N) is 3. The highest BCUT2D eigenvalue weighted by atomic mass is 15.2. The molecule has 0 aromatic carbocycles. The number of aromatic nitrogens is 2. The van der Waals surface area contributed by atoms with E-state index in [0.29, 0.717) is 12.5 Å². The van der Waals surface area contributed by atoms with E-state index >= 15 is 0 Å². The summed E-state index contributed by atoms with van der Waals surface area (Å²) in [5, 5.41) is 7.18. The number of guanidine groups is 1. The van der Waals surface area contributed by atoms with Crippen molar-refractivity contribution < 1.29 is 0 Å². The zero-order valence-electron chi connectivity index (χ0n) is 8.70. The largest absolute Gasteiger partial charge is 0.370 e. The minimum absolute atomic E-state index is 0.503. The van der Waals surface area contributed by atoms with Crippen molar-refractivity contribution in [3.05, 3.63) is 18.0 Å². The first-order chi connectivity index (χ1) is 6.72. The molecule has 0 spiro atoms. The lowest BCUT2D eigenvalue weighted by Crippen LogP contribution is -2.31. The monoisotopic (exact) mass is 195 g/mol. The lowest BCUT2D eigenvalue weighted by Gasteiger charge is -2.00. The minimum Gasteiger partial charge on any atom is -0.370 e. The summed E-state index contributed by atoms with van der Waals surface area (Å²) in [5.74, 6) is 0.503. The van der Waals surface area contributed by atoms with Crippen LogP contribution in [0.2, 0.25) is 0 Å². The summed E-state index contributed by atoms with van der Waals surface area (Å²) in [5.41, 5.74) is 6.61. The van der Waals surface area contributed by atoms with Gasteiger partial charge in [-0.1, -0.05) is 0 Å². The Balaban J connectivity index is 2.31. The van der Waals surface area contributed by atoms with Crippen LogP contribution >= 0.6 is 0 Å². The van der Waals surface area contributed by atoms with Crippen molar-refractivity contribution in [3.63, 3.8) is 0 Å². The van der Waals surface area contributed by atoms with Gasteiger partial charge in [0.1, 0.15) is 0 Å². The van der Waals surface area contributed by atoms with E-state index in [9.17, 15) is 0 Å². The molecule has 5 heteroatoms. The third-order valence-corrected chi connectivity index (χ3v) is 1.78. The zero-order valence-corrected chi connectivity index (χ0v) is 8.70. The molecule has 1 heterocycles. The van der Waals surface area contributed by atoms with Crippen LogP contribution in [-0.4, -0.2) is 28.8 Å². The lowest BCUT2D eigenvalue weighted by molar-refractivity contribution is 0.738. The Morgan fingerprint density at radius 1 is 1.71 bits per heavy atom. The van der Waals surface area contributed by atoms with Crippen molar-refractivity contribution in [2.75, 3.05) is 13.1 Å². The number of hydrogen-bond acceptors (Lipinski definition) is 2. The Labute approximate surface area is 84.0 Å². The van der Waals surface area contributed by atoms with Gasteiger partial charge in [-0.05, 0) is 13.0 Å². The second-order valence-corrected chi connectivity index (χ2v) is 3.03. The maximum Gasteiger partial charge on any atom is 0.188 e. The van der Waals surface area contributed by atoms with Crippen LogP contribution in [0.25, 0.3) is 0 Å². The number of nitrogens with two attached hydrogens (primary N) is 1. The molecule has 3 N–H and O–H groups in total. The van der Waals surface area contributed by atoms with Gasteiger partial charge in [0.2, 0.25) is 0 Å². The molecule has 1 aromatic heterocycles. The molecule has 0 aliphatic rings. The lowest BCUT2D eigenvalue weighted by atomic mass is 10.3. The third-order valence-electron chi connectivity index (χ3n) is 1.78. The maximum absolute atomic E-state index is 5.57. The molecule has 1 rings (SSSR count). The van der Waals surface area contributed by atoms with E-state index in [0.717, 1.165) is 18.7 Å². The number of rotatable bonds is 4. The van der Waals surface area contributed by atoms with Crippen LogP contribution in [-0.2, 0) is 13.5 Å². The van der Waals surface area contributed by atoms with Gasteiger partial charge in [0.25, 0.3) is 0 Å². The van der Waals surface area contributed by atoms with Crippen molar-refractivity contribution in [3.8, 4) is 0 Å². The Morgan fingerprint density at radius 2 is 2.50 bits per heavy atom. The molecule has 0 amide bonds. The predicted molar refractivity (Wildman–Crippen MR) is 57.1 cm³/mol. The molecule has 0 radical (unpaired) electrons. The first-order valence-corrected chi connectivity index (χ1v) is 4.74. The molecule has 5 nitrogen and oxygen atoms in total. The topological polar surface area (TPSA) is 68.2 Å². The van der Waals surface area contributed by atoms with E-state index in [1.807, 2.05) is 26.2 Å². The van der Waals surface area contributed by atoms with E-state index in [4.69, 9.17) is 5.73 Å². The summed E-state index contributed by atoms with van der Waals surface area (Å²) in [6, 6.07) is 1.99. The summed E-state index contributed by atoms with van der Waals surface area (Å²) >= 11 is 0. The summed E-state index contributed by atoms with van der Waals surface area (Å²) in [6.45, 7) is 3.47. The van der Waals surface area contributed by atoms with Crippen molar-refractivity contribution in [2.45, 2.75) is 13.3 Å². The molecule has 14 heavy (non-hydrogen) atoms. The Kier molecular flexibility index (Phi) is 3.97. The normalized spacial score (nSPS) is 11.7. The van der Waals surface area contributed by atoms with Gasteiger partial charge in [0.15, 0.2) is 5.96 Å². The average molecular weight is 195 g/mol.